The molecule has 1 unspecified atom stereocenters. The molecular formula is C24H27F3N6. The number of aromatic nitrogens is 1. The molecule has 1 aromatic carbocycles. The number of pyridine rings is 1. The Balaban J connectivity index is 1.44. The van der Waals surface area contributed by atoms with Gasteiger partial charge < -0.3 is 10.2 Å². The van der Waals surface area contributed by atoms with E-state index in [2.05, 4.69) is 34.7 Å². The van der Waals surface area contributed by atoms with E-state index in [-0.39, 0.29) is 17.8 Å². The van der Waals surface area contributed by atoms with Gasteiger partial charge in [0.25, 0.3) is 0 Å². The lowest BCUT2D eigenvalue weighted by atomic mass is 10.1. The molecule has 2 aliphatic carbocycles. The van der Waals surface area contributed by atoms with Gasteiger partial charge in [-0.1, -0.05) is 30.3 Å². The Morgan fingerprint density at radius 3 is 2.42 bits per heavy atom. The van der Waals surface area contributed by atoms with Crippen LogP contribution in [0.2, 0.25) is 0 Å². The first-order chi connectivity index (χ1) is 15.8. The fourth-order valence-corrected chi connectivity index (χ4v) is 4.50. The molecule has 2 aromatic rings. The van der Waals surface area contributed by atoms with E-state index in [1.165, 1.54) is 17.2 Å². The zero-order valence-corrected chi connectivity index (χ0v) is 18.6. The minimum atomic E-state index is -4.51. The Kier molecular flexibility index (Phi) is 5.50. The van der Waals surface area contributed by atoms with Crippen LogP contribution in [0.5, 0.6) is 0 Å². The zero-order valence-electron chi connectivity index (χ0n) is 18.6. The zero-order chi connectivity index (χ0) is 23.2. The number of nitrogens with zero attached hydrogens (tertiary/aromatic N) is 4. The van der Waals surface area contributed by atoms with Gasteiger partial charge in [-0.15, -0.1) is 0 Å². The summed E-state index contributed by atoms with van der Waals surface area (Å²) in [6, 6.07) is 12.5. The Morgan fingerprint density at radius 2 is 1.79 bits per heavy atom. The summed E-state index contributed by atoms with van der Waals surface area (Å²) in [5, 5.41) is 6.74. The third-order valence-electron chi connectivity index (χ3n) is 6.53. The van der Waals surface area contributed by atoms with E-state index >= 15 is 0 Å². The molecule has 2 atom stereocenters. The van der Waals surface area contributed by atoms with Gasteiger partial charge in [0.15, 0.2) is 6.17 Å². The predicted molar refractivity (Wildman–Crippen MR) is 121 cm³/mol. The van der Waals surface area contributed by atoms with Crippen LogP contribution in [0.15, 0.2) is 52.4 Å². The smallest absolute Gasteiger partial charge is 0.353 e. The van der Waals surface area contributed by atoms with Gasteiger partial charge in [-0.2, -0.15) is 13.2 Å². The average Bonchev–Trinajstić information content (AvgIpc) is 3.55. The standard InChI is InChI=1S/C24H27F3N6/c1-14(15-10-11-15)28-23-32-22(29-18-12-16-6-3-4-7-17(16)13-18)31-21(33(23)2)19-8-5-9-20(30-19)24(25,26)27/h3-9,14-15,18,21H,10-13H2,1-2H3,(H2,28,29,31,32)/t14-,21?/m1/s1. The van der Waals surface area contributed by atoms with Gasteiger partial charge in [-0.3, -0.25) is 5.32 Å². The minimum absolute atomic E-state index is 0.125. The largest absolute Gasteiger partial charge is 0.433 e. The van der Waals surface area contributed by atoms with E-state index in [1.54, 1.807) is 18.0 Å². The summed E-state index contributed by atoms with van der Waals surface area (Å²) in [5.74, 6) is 1.65. The van der Waals surface area contributed by atoms with Gasteiger partial charge >= 0.3 is 6.18 Å². The molecule has 174 valence electrons. The maximum absolute atomic E-state index is 13.3. The summed E-state index contributed by atoms with van der Waals surface area (Å²) < 4.78 is 39.9. The molecule has 33 heavy (non-hydrogen) atoms. The number of alkyl halides is 3. The summed E-state index contributed by atoms with van der Waals surface area (Å²) in [5.41, 5.74) is 1.91. The Bertz CT molecular complexity index is 1070. The summed E-state index contributed by atoms with van der Waals surface area (Å²) in [4.78, 5) is 15.2. The van der Waals surface area contributed by atoms with E-state index < -0.39 is 18.0 Å². The SMILES string of the molecule is C[C@@H](N=C1NC(NC2Cc3ccccc3C2)=NC(c2cccc(C(F)(F)F)n2)N1C)C1CC1. The molecule has 0 radical (unpaired) electrons. The number of guanidine groups is 2. The van der Waals surface area contributed by atoms with Crippen LogP contribution in [0.4, 0.5) is 13.2 Å². The third-order valence-corrected chi connectivity index (χ3v) is 6.53. The highest BCUT2D eigenvalue weighted by molar-refractivity contribution is 6.00. The third kappa shape index (κ3) is 4.67. The van der Waals surface area contributed by atoms with Crippen molar-refractivity contribution < 1.29 is 13.2 Å². The van der Waals surface area contributed by atoms with Crippen molar-refractivity contribution in [1.29, 1.82) is 0 Å². The van der Waals surface area contributed by atoms with E-state index in [0.29, 0.717) is 17.8 Å². The maximum Gasteiger partial charge on any atom is 0.433 e. The van der Waals surface area contributed by atoms with E-state index in [9.17, 15) is 13.2 Å². The summed E-state index contributed by atoms with van der Waals surface area (Å²) >= 11 is 0. The fourth-order valence-electron chi connectivity index (χ4n) is 4.50. The molecule has 1 aliphatic heterocycles. The number of nitrogens with one attached hydrogen (secondary N) is 2. The fraction of sp³-hybridized carbons (Fsp3) is 0.458. The normalized spacial score (nSPS) is 23.2. The monoisotopic (exact) mass is 456 g/mol. The molecule has 1 aromatic heterocycles. The first-order valence-corrected chi connectivity index (χ1v) is 11.3. The van der Waals surface area contributed by atoms with Crippen molar-refractivity contribution in [3.63, 3.8) is 0 Å². The highest BCUT2D eigenvalue weighted by Gasteiger charge is 2.36. The van der Waals surface area contributed by atoms with Crippen LogP contribution in [0, 0.1) is 5.92 Å². The maximum atomic E-state index is 13.3. The van der Waals surface area contributed by atoms with Gasteiger partial charge in [-0.05, 0) is 61.8 Å². The average molecular weight is 457 g/mol. The van der Waals surface area contributed by atoms with Crippen LogP contribution in [-0.4, -0.2) is 40.9 Å². The van der Waals surface area contributed by atoms with Gasteiger partial charge in [0.05, 0.1) is 11.7 Å². The molecule has 0 amide bonds. The van der Waals surface area contributed by atoms with Gasteiger partial charge in [0, 0.05) is 13.1 Å². The first-order valence-electron chi connectivity index (χ1n) is 11.3. The number of hydrogen-bond donors (Lipinski definition) is 2. The van der Waals surface area contributed by atoms with Crippen LogP contribution < -0.4 is 10.6 Å². The van der Waals surface area contributed by atoms with Gasteiger partial charge in [-0.25, -0.2) is 15.0 Å². The molecule has 2 N–H and O–H groups in total. The molecule has 0 saturated heterocycles. The van der Waals surface area contributed by atoms with Crippen LogP contribution in [0.3, 0.4) is 0 Å². The van der Waals surface area contributed by atoms with Crippen molar-refractivity contribution in [3.05, 3.63) is 65.0 Å². The summed E-state index contributed by atoms with van der Waals surface area (Å²) in [7, 11) is 1.78. The number of rotatable bonds is 4. The van der Waals surface area contributed by atoms with E-state index in [1.807, 2.05) is 12.1 Å². The van der Waals surface area contributed by atoms with Crippen LogP contribution in [0.25, 0.3) is 0 Å². The Morgan fingerprint density at radius 1 is 1.09 bits per heavy atom. The molecule has 2 heterocycles. The molecule has 3 aliphatic rings. The van der Waals surface area contributed by atoms with Crippen molar-refractivity contribution in [2.75, 3.05) is 7.05 Å². The van der Waals surface area contributed by atoms with Crippen molar-refractivity contribution in [2.45, 2.75) is 57.0 Å². The molecule has 9 heteroatoms. The first kappa shape index (κ1) is 21.7. The lowest BCUT2D eigenvalue weighted by Gasteiger charge is -2.35. The summed E-state index contributed by atoms with van der Waals surface area (Å²) in [6.45, 7) is 2.07. The van der Waals surface area contributed by atoms with Crippen molar-refractivity contribution in [2.24, 2.45) is 15.9 Å². The highest BCUT2D eigenvalue weighted by atomic mass is 19.4. The number of hydrogen-bond acceptors (Lipinski definition) is 4. The van der Waals surface area contributed by atoms with Crippen molar-refractivity contribution in [1.82, 2.24) is 20.5 Å². The molecule has 0 spiro atoms. The molecule has 1 fully saturated rings. The van der Waals surface area contributed by atoms with E-state index in [0.717, 1.165) is 31.7 Å². The predicted octanol–water partition coefficient (Wildman–Crippen LogP) is 3.90. The quantitative estimate of drug-likeness (QED) is 0.733. The minimum Gasteiger partial charge on any atom is -0.353 e. The number of aliphatic imine (C=N–C) groups is 2. The topological polar surface area (TPSA) is 64.9 Å². The Labute approximate surface area is 191 Å². The van der Waals surface area contributed by atoms with Gasteiger partial charge in [0.1, 0.15) is 5.69 Å². The second kappa shape index (κ2) is 8.35. The van der Waals surface area contributed by atoms with Crippen molar-refractivity contribution >= 4 is 11.9 Å². The van der Waals surface area contributed by atoms with Crippen LogP contribution in [-0.2, 0) is 19.0 Å². The molecule has 1 saturated carbocycles. The lowest BCUT2D eigenvalue weighted by Crippen LogP contribution is -2.55. The highest BCUT2D eigenvalue weighted by Crippen LogP contribution is 2.35. The van der Waals surface area contributed by atoms with Crippen LogP contribution >= 0.6 is 0 Å². The number of benzene rings is 1. The van der Waals surface area contributed by atoms with Crippen molar-refractivity contribution in [3.8, 4) is 0 Å². The molecular weight excluding hydrogens is 429 g/mol. The Hall–Kier alpha value is -3.10. The number of fused-ring (bicyclic) bond motifs is 1. The van der Waals surface area contributed by atoms with Crippen LogP contribution in [0.1, 0.15) is 48.4 Å². The second-order valence-electron chi connectivity index (χ2n) is 9.08. The second-order valence-corrected chi connectivity index (χ2v) is 9.08. The molecule has 6 nitrogen and oxygen atoms in total. The molecule has 5 rings (SSSR count). The summed E-state index contributed by atoms with van der Waals surface area (Å²) in [6.07, 6.45) is -1.20. The lowest BCUT2D eigenvalue weighted by molar-refractivity contribution is -0.141. The number of halogens is 3. The van der Waals surface area contributed by atoms with E-state index in [4.69, 9.17) is 9.98 Å². The molecule has 0 bridgehead atoms. The van der Waals surface area contributed by atoms with Gasteiger partial charge in [0.2, 0.25) is 11.9 Å².